The summed E-state index contributed by atoms with van der Waals surface area (Å²) < 4.78 is 44.2. The van der Waals surface area contributed by atoms with Gasteiger partial charge in [-0.3, -0.25) is 0 Å². The van der Waals surface area contributed by atoms with Gasteiger partial charge in [-0.1, -0.05) is 18.2 Å². The van der Waals surface area contributed by atoms with E-state index in [0.29, 0.717) is 18.6 Å². The molecule has 1 fully saturated rings. The van der Waals surface area contributed by atoms with Crippen molar-refractivity contribution in [1.82, 2.24) is 0 Å². The summed E-state index contributed by atoms with van der Waals surface area (Å²) in [7, 11) is 0. The molecule has 0 radical (unpaired) electrons. The molecule has 2 aromatic rings. The number of fused-ring (bicyclic) bond motifs is 1. The molecule has 6 heteroatoms. The van der Waals surface area contributed by atoms with Gasteiger partial charge >= 0.3 is 6.18 Å². The van der Waals surface area contributed by atoms with Gasteiger partial charge in [0.2, 0.25) is 0 Å². The molecule has 1 aliphatic carbocycles. The van der Waals surface area contributed by atoms with E-state index in [-0.39, 0.29) is 25.6 Å². The van der Waals surface area contributed by atoms with Gasteiger partial charge in [0, 0.05) is 0 Å². The molecule has 2 aromatic carbocycles. The summed E-state index contributed by atoms with van der Waals surface area (Å²) in [4.78, 5) is 0. The zero-order chi connectivity index (χ0) is 18.9. The second-order valence-electron chi connectivity index (χ2n) is 7.43. The van der Waals surface area contributed by atoms with Gasteiger partial charge in [-0.2, -0.15) is 13.2 Å². The average Bonchev–Trinajstić information content (AvgIpc) is 2.61. The smallest absolute Gasteiger partial charge is 0.391 e. The van der Waals surface area contributed by atoms with Gasteiger partial charge in [0.25, 0.3) is 0 Å². The van der Waals surface area contributed by atoms with Gasteiger partial charge in [0.1, 0.15) is 5.75 Å². The topological polar surface area (TPSA) is 55.5 Å². The summed E-state index contributed by atoms with van der Waals surface area (Å²) in [6.07, 6.45) is -3.18. The van der Waals surface area contributed by atoms with Crippen LogP contribution >= 0.6 is 0 Å². The van der Waals surface area contributed by atoms with Crippen molar-refractivity contribution in [2.45, 2.75) is 50.4 Å². The summed E-state index contributed by atoms with van der Waals surface area (Å²) in [5.41, 5.74) is 6.10. The van der Waals surface area contributed by atoms with Crippen LogP contribution in [0.15, 0.2) is 36.4 Å². The van der Waals surface area contributed by atoms with Crippen molar-refractivity contribution in [3.8, 4) is 5.75 Å². The maximum atomic E-state index is 12.7. The van der Waals surface area contributed by atoms with Crippen LogP contribution in [0.25, 0.3) is 10.8 Å². The average molecular weight is 367 g/mol. The predicted octanol–water partition coefficient (Wildman–Crippen LogP) is 4.51. The summed E-state index contributed by atoms with van der Waals surface area (Å²) >= 11 is 0. The number of rotatable bonds is 4. The van der Waals surface area contributed by atoms with E-state index >= 15 is 0 Å². The molecule has 0 aliphatic heterocycles. The lowest BCUT2D eigenvalue weighted by molar-refractivity contribution is -0.185. The van der Waals surface area contributed by atoms with Crippen LogP contribution < -0.4 is 10.5 Å². The molecule has 0 unspecified atom stereocenters. The minimum Gasteiger partial charge on any atom is -0.490 e. The number of benzene rings is 2. The Hall–Kier alpha value is -1.79. The number of aliphatic hydroxyl groups excluding tert-OH is 1. The molecule has 3 N–H and O–H groups in total. The summed E-state index contributed by atoms with van der Waals surface area (Å²) in [6, 6.07) is 11.3. The standard InChI is InChI=1S/C20H24F3NO2/c1-19(24,12-25)16-4-2-14-11-18(7-3-13(14)10-16)26-17-8-5-15(6-9-17)20(21,22)23/h2-4,7,10-11,15,17,25H,5-6,8-9,12,24H2,1H3/t15-,17+,19-/m0/s1. The lowest BCUT2D eigenvalue weighted by Crippen LogP contribution is -2.36. The van der Waals surface area contributed by atoms with E-state index < -0.39 is 17.6 Å². The van der Waals surface area contributed by atoms with Gasteiger partial charge in [-0.05, 0) is 67.1 Å². The number of hydrogen-bond acceptors (Lipinski definition) is 3. The molecule has 1 atom stereocenters. The van der Waals surface area contributed by atoms with Crippen LogP contribution in [0.4, 0.5) is 13.2 Å². The van der Waals surface area contributed by atoms with E-state index in [1.54, 1.807) is 6.92 Å². The van der Waals surface area contributed by atoms with E-state index in [0.717, 1.165) is 16.3 Å². The van der Waals surface area contributed by atoms with Crippen LogP contribution in [0, 0.1) is 5.92 Å². The molecule has 3 nitrogen and oxygen atoms in total. The van der Waals surface area contributed by atoms with Gasteiger partial charge in [-0.15, -0.1) is 0 Å². The highest BCUT2D eigenvalue weighted by Gasteiger charge is 2.41. The normalized spacial score (nSPS) is 23.6. The lowest BCUT2D eigenvalue weighted by atomic mass is 9.87. The van der Waals surface area contributed by atoms with E-state index in [1.807, 2.05) is 36.4 Å². The minimum absolute atomic E-state index is 0.126. The molecular formula is C20H24F3NO2. The molecule has 0 aromatic heterocycles. The van der Waals surface area contributed by atoms with Crippen LogP contribution in [0.2, 0.25) is 0 Å². The van der Waals surface area contributed by atoms with Crippen molar-refractivity contribution in [1.29, 1.82) is 0 Å². The molecule has 1 saturated carbocycles. The molecule has 26 heavy (non-hydrogen) atoms. The highest BCUT2D eigenvalue weighted by atomic mass is 19.4. The third kappa shape index (κ3) is 4.13. The summed E-state index contributed by atoms with van der Waals surface area (Å²) in [5.74, 6) is -0.534. The van der Waals surface area contributed by atoms with Crippen LogP contribution in [0.1, 0.15) is 38.2 Å². The largest absolute Gasteiger partial charge is 0.490 e. The molecule has 0 spiro atoms. The fourth-order valence-corrected chi connectivity index (χ4v) is 3.44. The van der Waals surface area contributed by atoms with E-state index in [4.69, 9.17) is 10.5 Å². The first-order valence-corrected chi connectivity index (χ1v) is 8.86. The van der Waals surface area contributed by atoms with Crippen LogP contribution in [-0.2, 0) is 5.54 Å². The summed E-state index contributed by atoms with van der Waals surface area (Å²) in [6.45, 7) is 1.61. The third-order valence-electron chi connectivity index (χ3n) is 5.24. The number of hydrogen-bond donors (Lipinski definition) is 2. The Morgan fingerprint density at radius 2 is 1.65 bits per heavy atom. The van der Waals surface area contributed by atoms with Gasteiger partial charge in [0.15, 0.2) is 0 Å². The SMILES string of the molecule is C[C@](N)(CO)c1ccc2cc(O[C@H]3CC[C@@H](C(F)(F)F)CC3)ccc2c1. The van der Waals surface area contributed by atoms with Gasteiger partial charge < -0.3 is 15.6 Å². The summed E-state index contributed by atoms with van der Waals surface area (Å²) in [5, 5.41) is 11.3. The van der Waals surface area contributed by atoms with E-state index in [9.17, 15) is 18.3 Å². The zero-order valence-corrected chi connectivity index (χ0v) is 14.7. The fraction of sp³-hybridized carbons (Fsp3) is 0.500. The van der Waals surface area contributed by atoms with Crippen molar-refractivity contribution >= 4 is 10.8 Å². The number of nitrogens with two attached hydrogens (primary N) is 1. The maximum absolute atomic E-state index is 12.7. The fourth-order valence-electron chi connectivity index (χ4n) is 3.44. The number of ether oxygens (including phenoxy) is 1. The second-order valence-corrected chi connectivity index (χ2v) is 7.43. The molecule has 0 heterocycles. The quantitative estimate of drug-likeness (QED) is 0.836. The second kappa shape index (κ2) is 7.08. The van der Waals surface area contributed by atoms with Crippen molar-refractivity contribution < 1.29 is 23.0 Å². The Morgan fingerprint density at radius 3 is 2.27 bits per heavy atom. The maximum Gasteiger partial charge on any atom is 0.391 e. The van der Waals surface area contributed by atoms with Gasteiger partial charge in [-0.25, -0.2) is 0 Å². The Morgan fingerprint density at radius 1 is 1.04 bits per heavy atom. The van der Waals surface area contributed by atoms with Crippen molar-refractivity contribution in [3.05, 3.63) is 42.0 Å². The molecule has 3 rings (SSSR count). The van der Waals surface area contributed by atoms with E-state index in [1.165, 1.54) is 0 Å². The first-order valence-electron chi connectivity index (χ1n) is 8.86. The first kappa shape index (κ1) is 19.0. The number of alkyl halides is 3. The number of halogens is 3. The highest BCUT2D eigenvalue weighted by Crippen LogP contribution is 2.38. The van der Waals surface area contributed by atoms with Crippen LogP contribution in [0.3, 0.4) is 0 Å². The monoisotopic (exact) mass is 367 g/mol. The zero-order valence-electron chi connectivity index (χ0n) is 14.7. The Balaban J connectivity index is 1.69. The Kier molecular flexibility index (Phi) is 5.17. The number of aliphatic hydroxyl groups is 1. The first-order chi connectivity index (χ1) is 12.2. The predicted molar refractivity (Wildman–Crippen MR) is 95.0 cm³/mol. The molecule has 0 amide bonds. The van der Waals surface area contributed by atoms with Crippen molar-refractivity contribution in [2.75, 3.05) is 6.61 Å². The van der Waals surface area contributed by atoms with Crippen molar-refractivity contribution in [3.63, 3.8) is 0 Å². The van der Waals surface area contributed by atoms with Gasteiger partial charge in [0.05, 0.1) is 24.2 Å². The molecule has 0 saturated heterocycles. The molecular weight excluding hydrogens is 343 g/mol. The minimum atomic E-state index is -4.10. The lowest BCUT2D eigenvalue weighted by Gasteiger charge is -2.30. The van der Waals surface area contributed by atoms with E-state index in [2.05, 4.69) is 0 Å². The van der Waals surface area contributed by atoms with Crippen LogP contribution in [0.5, 0.6) is 5.75 Å². The Labute approximate surface area is 151 Å². The molecule has 1 aliphatic rings. The Bertz CT molecular complexity index is 765. The van der Waals surface area contributed by atoms with Crippen molar-refractivity contribution in [2.24, 2.45) is 11.7 Å². The highest BCUT2D eigenvalue weighted by molar-refractivity contribution is 5.84. The molecule has 142 valence electrons. The third-order valence-corrected chi connectivity index (χ3v) is 5.24. The molecule has 0 bridgehead atoms. The van der Waals surface area contributed by atoms with Crippen LogP contribution in [-0.4, -0.2) is 24.0 Å².